The average Bonchev–Trinajstić information content (AvgIpc) is 1.70. The van der Waals surface area contributed by atoms with Crippen LogP contribution in [0.2, 0.25) is 0 Å². The Morgan fingerprint density at radius 3 is 1.26 bits per heavy atom. The molecular formula is C86H97Br6FN24O21. The number of ether oxygens (including phenoxy) is 10. The van der Waals surface area contributed by atoms with Gasteiger partial charge in [0.05, 0.1) is 184 Å². The van der Waals surface area contributed by atoms with Crippen molar-refractivity contribution in [1.29, 1.82) is 0 Å². The van der Waals surface area contributed by atoms with Gasteiger partial charge in [-0.05, 0) is 151 Å². The van der Waals surface area contributed by atoms with E-state index in [4.69, 9.17) is 48.4 Å². The predicted molar refractivity (Wildman–Crippen MR) is 511 cm³/mol. The number of benzene rings is 3. The summed E-state index contributed by atoms with van der Waals surface area (Å²) >= 11 is 19.7. The number of aromatic amines is 1. The number of esters is 1. The molecule has 10 aromatic heterocycles. The fraction of sp³-hybridized carbons (Fsp3) is 0.407. The van der Waals surface area contributed by atoms with Gasteiger partial charge in [-0.25, -0.2) is 28.7 Å². The molecule has 9 saturated heterocycles. The zero-order valence-electron chi connectivity index (χ0n) is 72.6. The lowest BCUT2D eigenvalue weighted by Crippen LogP contribution is -2.47. The standard InChI is InChI=1S/C29H31FN10O2.C14H12BrN3O5.4C7H9BrN2O2.C7H5NO4.C4H6O2.C3H3BrN2.CH4/c1-29(31,21-2-4-23(30)5-3-21)22-12-32-28(33-13-22)38-8-6-37(7-9-38)27-24-10-19(14-39(24)36-18-34-27)20-11-35-40(15-20)25-16-42-17-26(25)41;15-10-5-16-17(6-10)12-7-22-8-13(12)23-14(19)9-1-3-11(4-2-9)18(20)21;4*8-5-1-9-10(2-5)6-3-12-4-7(6)11;9-5-12-7-3-1-6(2-4-7)8(10)11;1-3-4(6-3)2-5-1;4-3-1-5-6-2-3;/h2-5,10-15,18,25-26,41H,6-9,16-17,31H2,1H3;1-6,12-13H,7-8H2;4*1-2,6-7,11H,3-4H2;1-5H;3-4H,1-2H2;1-2H,(H,5,6);1H4/t25-,26+,29+;12-,13+;3*6-,7+;6-,7-;;;;/m101000..../s1. The van der Waals surface area contributed by atoms with E-state index in [0.717, 1.165) is 99.8 Å². The first kappa shape index (κ1) is 105. The van der Waals surface area contributed by atoms with Crippen LogP contribution in [0.4, 0.5) is 27.5 Å². The highest BCUT2D eigenvalue weighted by Gasteiger charge is 2.44. The molecule has 2 unspecified atom stereocenters. The molecule has 9 aliphatic heterocycles. The normalized spacial score (nSPS) is 23.4. The number of anilines is 2. The number of nitro groups is 2. The van der Waals surface area contributed by atoms with Gasteiger partial charge >= 0.3 is 5.97 Å². The van der Waals surface area contributed by atoms with Crippen molar-refractivity contribution in [3.05, 3.63) is 260 Å². The van der Waals surface area contributed by atoms with Crippen LogP contribution in [0.1, 0.15) is 72.1 Å². The molecule has 9 aliphatic rings. The molecule has 45 nitrogen and oxygen atoms in total. The molecule has 0 saturated carbocycles. The number of epoxide rings is 1. The number of nitro benzene ring substituents is 2. The maximum absolute atomic E-state index is 13.4. The molecule has 0 aliphatic carbocycles. The Hall–Kier alpha value is -10.6. The summed E-state index contributed by atoms with van der Waals surface area (Å²) in [4.78, 5) is 60.0. The summed E-state index contributed by atoms with van der Waals surface area (Å²) in [6, 6.07) is 18.2. The molecule has 9 fully saturated rings. The minimum absolute atomic E-state index is 0. The van der Waals surface area contributed by atoms with Crippen molar-refractivity contribution in [3.8, 4) is 16.9 Å². The second-order valence-corrected chi connectivity index (χ2v) is 37.3. The predicted octanol–water partition coefficient (Wildman–Crippen LogP) is 9.39. The Balaban J connectivity index is 0.000000142. The average molecular weight is 2300 g/mol. The molecule has 0 amide bonds. The lowest BCUT2D eigenvalue weighted by molar-refractivity contribution is -0.385. The Morgan fingerprint density at radius 2 is 0.891 bits per heavy atom. The molecule has 15 atom stereocenters. The van der Waals surface area contributed by atoms with Crippen LogP contribution < -0.4 is 20.3 Å². The van der Waals surface area contributed by atoms with E-state index < -0.39 is 58.0 Å². The number of aliphatic hydroxyl groups excluding tert-OH is 5. The van der Waals surface area contributed by atoms with Gasteiger partial charge in [0, 0.05) is 129 Å². The summed E-state index contributed by atoms with van der Waals surface area (Å²) in [5.74, 6) is 0.935. The van der Waals surface area contributed by atoms with Crippen molar-refractivity contribution < 1.29 is 96.7 Å². The first-order chi connectivity index (χ1) is 66.1. The van der Waals surface area contributed by atoms with Gasteiger partial charge in [0.1, 0.15) is 108 Å². The minimum atomic E-state index is -0.843. The fourth-order valence-corrected chi connectivity index (χ4v) is 16.5. The maximum atomic E-state index is 13.4. The van der Waals surface area contributed by atoms with Gasteiger partial charge < -0.3 is 88.4 Å². The number of nitrogens with one attached hydrogen (secondary N) is 1. The monoisotopic (exact) mass is 2290 g/mol. The van der Waals surface area contributed by atoms with E-state index in [1.54, 1.807) is 115 Å². The number of hydrogen-bond donors (Lipinski definition) is 7. The van der Waals surface area contributed by atoms with Crippen LogP contribution in [0.15, 0.2) is 217 Å². The molecule has 3 aromatic carbocycles. The summed E-state index contributed by atoms with van der Waals surface area (Å²) < 4.78 is 82.2. The van der Waals surface area contributed by atoms with Gasteiger partial charge in [-0.1, -0.05) is 19.6 Å². The van der Waals surface area contributed by atoms with E-state index >= 15 is 0 Å². The van der Waals surface area contributed by atoms with Crippen LogP contribution in [-0.4, -0.2) is 309 Å². The zero-order chi connectivity index (χ0) is 96.8. The molecule has 19 heterocycles. The van der Waals surface area contributed by atoms with Gasteiger partial charge in [0.2, 0.25) is 5.95 Å². The van der Waals surface area contributed by atoms with Crippen molar-refractivity contribution in [2.45, 2.75) is 105 Å². The van der Waals surface area contributed by atoms with Crippen molar-refractivity contribution in [2.24, 2.45) is 5.73 Å². The quantitative estimate of drug-likeness (QED) is 0.0147. The summed E-state index contributed by atoms with van der Waals surface area (Å²) in [5.41, 5.74) is 10.2. The SMILES string of the molecule is Brc1cn[nH]c1.C.C1OCC2OC12.C[C@](N)(c1ccc(F)cc1)c1cnc(N2CCN(c3ncnn4cc(-c5cnn([C@@H]6COC[C@@H]6O)c5)cc34)CC2)nc1.O=C(O[C@@H]1COC[C@@H]1n1cc(Br)cn1)c1ccc([N+](=O)[O-])cc1.O=COc1ccc([N+](=O)[O-])cc1.O[C@@H]1COC[C@@H]1n1cc(Br)cn1.O[C@@H]1COC[C@@H]1n1cc(Br)cn1.O[C@H]1COC[C@@H]1n1cc(Br)cn1.O[C@H]1COC[C@H]1n1cc(Br)cn1. The largest absolute Gasteiger partial charge is 0.454 e. The molecule has 0 spiro atoms. The van der Waals surface area contributed by atoms with Gasteiger partial charge in [-0.15, -0.1) is 0 Å². The number of hydrogen-bond acceptors (Lipinski definition) is 35. The molecule has 13 aromatic rings. The summed E-state index contributed by atoms with van der Waals surface area (Å²) in [5, 5.41) is 104. The molecule has 8 N–H and O–H groups in total. The highest BCUT2D eigenvalue weighted by Crippen LogP contribution is 2.34. The van der Waals surface area contributed by atoms with E-state index in [-0.39, 0.29) is 85.3 Å². The first-order valence-corrected chi connectivity index (χ1v) is 47.1. The van der Waals surface area contributed by atoms with Crippen molar-refractivity contribution in [3.63, 3.8) is 0 Å². The molecule has 138 heavy (non-hydrogen) atoms. The second-order valence-electron chi connectivity index (χ2n) is 31.8. The summed E-state index contributed by atoms with van der Waals surface area (Å²) in [6.45, 7) is 11.9. The number of aromatic nitrogens is 19. The Kier molecular flexibility index (Phi) is 38.0. The summed E-state index contributed by atoms with van der Waals surface area (Å²) in [7, 11) is 0. The van der Waals surface area contributed by atoms with Crippen LogP contribution >= 0.6 is 95.6 Å². The maximum Gasteiger partial charge on any atom is 0.338 e. The number of aliphatic hydroxyl groups is 5. The number of rotatable bonds is 17. The third kappa shape index (κ3) is 28.4. The van der Waals surface area contributed by atoms with E-state index in [1.165, 1.54) is 60.7 Å². The van der Waals surface area contributed by atoms with E-state index in [9.17, 15) is 59.7 Å². The highest BCUT2D eigenvalue weighted by atomic mass is 79.9. The molecule has 52 heteroatoms. The topological polar surface area (TPSA) is 541 Å². The number of carbonyl (C=O) groups is 2. The smallest absolute Gasteiger partial charge is 0.338 e. The number of fused-ring (bicyclic) bond motifs is 2. The number of non-ortho nitro benzene ring substituents is 2. The lowest BCUT2D eigenvalue weighted by atomic mass is 9.87. The Bertz CT molecular complexity index is 5790. The van der Waals surface area contributed by atoms with Crippen LogP contribution in [0.3, 0.4) is 0 Å². The number of nitrogens with zero attached hydrogens (tertiary/aromatic N) is 22. The molecular weight excluding hydrogens is 2200 g/mol. The highest BCUT2D eigenvalue weighted by molar-refractivity contribution is 9.11. The van der Waals surface area contributed by atoms with Crippen molar-refractivity contribution in [1.82, 2.24) is 93.4 Å². The number of carbonyl (C=O) groups excluding carboxylic acids is 2. The van der Waals surface area contributed by atoms with Gasteiger partial charge in [-0.2, -0.15) is 40.8 Å². The Labute approximate surface area is 837 Å². The number of nitrogens with two attached hydrogens (primary N) is 1. The Morgan fingerprint density at radius 1 is 0.486 bits per heavy atom. The lowest BCUT2D eigenvalue weighted by Gasteiger charge is -2.35. The van der Waals surface area contributed by atoms with Gasteiger partial charge in [0.15, 0.2) is 5.82 Å². The van der Waals surface area contributed by atoms with E-state index in [2.05, 4.69) is 177 Å². The third-order valence-electron chi connectivity index (χ3n) is 22.4. The van der Waals surface area contributed by atoms with Gasteiger partial charge in [0.25, 0.3) is 17.8 Å². The molecule has 0 radical (unpaired) electrons. The van der Waals surface area contributed by atoms with Crippen molar-refractivity contribution in [2.75, 3.05) is 128 Å². The third-order valence-corrected chi connectivity index (χ3v) is 24.9. The fourth-order valence-electron chi connectivity index (χ4n) is 14.7. The van der Waals surface area contributed by atoms with Crippen LogP contribution in [0, 0.1) is 26.0 Å². The minimum Gasteiger partial charge on any atom is -0.454 e. The molecule has 22 rings (SSSR count). The van der Waals surface area contributed by atoms with Crippen LogP contribution in [0.25, 0.3) is 16.6 Å². The van der Waals surface area contributed by atoms with Gasteiger partial charge in [-0.3, -0.25) is 58.2 Å². The number of halogens is 7. The first-order valence-electron chi connectivity index (χ1n) is 42.4. The second kappa shape index (κ2) is 50.0. The van der Waals surface area contributed by atoms with E-state index in [1.807, 2.05) is 48.6 Å². The molecule has 736 valence electrons. The van der Waals surface area contributed by atoms with Crippen LogP contribution in [0.5, 0.6) is 5.75 Å². The van der Waals surface area contributed by atoms with Crippen molar-refractivity contribution >= 4 is 137 Å². The van der Waals surface area contributed by atoms with E-state index in [0.29, 0.717) is 90.8 Å². The number of H-pyrrole nitrogens is 1. The molecule has 0 bridgehead atoms. The summed E-state index contributed by atoms with van der Waals surface area (Å²) in [6.07, 6.45) is 30.0. The van der Waals surface area contributed by atoms with Crippen LogP contribution in [-0.2, 0) is 53.0 Å². The zero-order valence-corrected chi connectivity index (χ0v) is 82.1. The number of piperazine rings is 1.